The number of nitrogens with zero attached hydrogens (tertiary/aromatic N) is 4. The number of alkyl halides is 6. The highest BCUT2D eigenvalue weighted by Crippen LogP contribution is 2.42. The second-order valence-corrected chi connectivity index (χ2v) is 13.0. The van der Waals surface area contributed by atoms with E-state index in [2.05, 4.69) is 15.3 Å². The van der Waals surface area contributed by atoms with Gasteiger partial charge in [-0.15, -0.1) is 0 Å². The van der Waals surface area contributed by atoms with Crippen molar-refractivity contribution in [3.8, 4) is 5.75 Å². The SMILES string of the molecule is CCC(CC)c1ccc(C(F)(F)F)c2nc(Cl)n(C)c12.CCC(CC)c1ccc(C(F)(F)F)c2nc(Nc3c(C)cc(Cl)cc3OC)n(C)c12. The zero-order valence-corrected chi connectivity index (χ0v) is 30.7. The molecule has 14 heteroatoms. The molecule has 0 spiro atoms. The maximum absolute atomic E-state index is 13.7. The van der Waals surface area contributed by atoms with E-state index in [9.17, 15) is 26.3 Å². The molecule has 0 aliphatic heterocycles. The Labute approximate surface area is 297 Å². The molecule has 3 aromatic carbocycles. The molecule has 2 heterocycles. The van der Waals surface area contributed by atoms with Crippen molar-refractivity contribution in [3.63, 3.8) is 0 Å². The number of benzene rings is 3. The van der Waals surface area contributed by atoms with Crippen LogP contribution < -0.4 is 10.1 Å². The summed E-state index contributed by atoms with van der Waals surface area (Å²) in [5.41, 5.74) is 2.54. The fraction of sp³-hybridized carbons (Fsp3) is 0.444. The molecular formula is C36H41Cl2F6N5O. The number of aryl methyl sites for hydroxylation is 3. The molecule has 0 atom stereocenters. The van der Waals surface area contributed by atoms with Crippen molar-refractivity contribution in [1.82, 2.24) is 19.1 Å². The van der Waals surface area contributed by atoms with Gasteiger partial charge >= 0.3 is 12.4 Å². The predicted octanol–water partition coefficient (Wildman–Crippen LogP) is 12.4. The van der Waals surface area contributed by atoms with Gasteiger partial charge in [-0.05, 0) is 90.9 Å². The van der Waals surface area contributed by atoms with E-state index in [0.717, 1.165) is 54.5 Å². The standard InChI is InChI=1S/C22H25ClF3N3O.C14H16ClF3N2/c1-6-13(7-2)15-8-9-16(22(24,25)26)19-20(15)29(4)21(28-19)27-18-12(3)10-14(23)11-17(18)30-5;1-4-8(5-2)9-6-7-10(14(16,17)18)11-12(9)20(3)13(15)19-11/h8-11,13H,6-7H2,1-5H3,(H,27,28);6-8H,4-5H2,1-3H3. The number of anilines is 2. The summed E-state index contributed by atoms with van der Waals surface area (Å²) in [6.45, 7) is 9.96. The number of hydrogen-bond donors (Lipinski definition) is 1. The van der Waals surface area contributed by atoms with E-state index in [1.807, 2.05) is 34.6 Å². The Hall–Kier alpha value is -3.64. The summed E-state index contributed by atoms with van der Waals surface area (Å²) in [4.78, 5) is 8.27. The Balaban J connectivity index is 0.000000244. The van der Waals surface area contributed by atoms with Crippen LogP contribution in [0.1, 0.15) is 93.0 Å². The van der Waals surface area contributed by atoms with Gasteiger partial charge in [0, 0.05) is 25.2 Å². The number of nitrogens with one attached hydrogen (secondary N) is 1. The number of fused-ring (bicyclic) bond motifs is 2. The Kier molecular flexibility index (Phi) is 12.0. The van der Waals surface area contributed by atoms with E-state index in [1.165, 1.54) is 11.7 Å². The van der Waals surface area contributed by atoms with E-state index in [4.69, 9.17) is 27.9 Å². The lowest BCUT2D eigenvalue weighted by Crippen LogP contribution is -2.08. The molecule has 2 aromatic heterocycles. The Morgan fingerprint density at radius 3 is 1.64 bits per heavy atom. The molecule has 0 bridgehead atoms. The molecule has 5 aromatic rings. The fourth-order valence-electron chi connectivity index (χ4n) is 6.50. The summed E-state index contributed by atoms with van der Waals surface area (Å²) in [5.74, 6) is 1.14. The first-order chi connectivity index (χ1) is 23.4. The molecule has 272 valence electrons. The minimum absolute atomic E-state index is 0.0533. The first kappa shape index (κ1) is 39.2. The summed E-state index contributed by atoms with van der Waals surface area (Å²) in [7, 11) is 4.88. The molecule has 0 amide bonds. The monoisotopic (exact) mass is 743 g/mol. The van der Waals surface area contributed by atoms with Crippen LogP contribution >= 0.6 is 23.2 Å². The zero-order chi connectivity index (χ0) is 37.3. The van der Waals surface area contributed by atoms with Crippen LogP contribution in [0.4, 0.5) is 38.0 Å². The fourth-order valence-corrected chi connectivity index (χ4v) is 6.93. The summed E-state index contributed by atoms with van der Waals surface area (Å²) >= 11 is 12.0. The van der Waals surface area contributed by atoms with Crippen molar-refractivity contribution in [2.75, 3.05) is 12.4 Å². The smallest absolute Gasteiger partial charge is 0.418 e. The summed E-state index contributed by atoms with van der Waals surface area (Å²) in [5, 5.41) is 3.74. The van der Waals surface area contributed by atoms with Crippen LogP contribution in [-0.2, 0) is 26.4 Å². The van der Waals surface area contributed by atoms with E-state index < -0.39 is 23.5 Å². The van der Waals surface area contributed by atoms with Gasteiger partial charge in [0.25, 0.3) is 0 Å². The van der Waals surface area contributed by atoms with Crippen LogP contribution in [0.5, 0.6) is 5.75 Å². The normalized spacial score (nSPS) is 12.3. The third kappa shape index (κ3) is 7.66. The van der Waals surface area contributed by atoms with Crippen molar-refractivity contribution < 1.29 is 31.1 Å². The van der Waals surface area contributed by atoms with Crippen molar-refractivity contribution in [2.45, 2.75) is 84.5 Å². The average Bonchev–Trinajstić information content (AvgIpc) is 3.53. The molecule has 50 heavy (non-hydrogen) atoms. The summed E-state index contributed by atoms with van der Waals surface area (Å²) in [6.07, 6.45) is -5.55. The number of halogens is 8. The number of rotatable bonds is 9. The van der Waals surface area contributed by atoms with Gasteiger partial charge in [-0.25, -0.2) is 9.97 Å². The molecule has 6 nitrogen and oxygen atoms in total. The maximum atomic E-state index is 13.7. The largest absolute Gasteiger partial charge is 0.495 e. The van der Waals surface area contributed by atoms with Crippen molar-refractivity contribution in [2.24, 2.45) is 14.1 Å². The number of methoxy groups -OCH3 is 1. The molecule has 0 saturated carbocycles. The van der Waals surface area contributed by atoms with Crippen LogP contribution in [0.25, 0.3) is 22.1 Å². The Morgan fingerprint density at radius 1 is 0.740 bits per heavy atom. The minimum Gasteiger partial charge on any atom is -0.495 e. The number of hydrogen-bond acceptors (Lipinski definition) is 4. The first-order valence-electron chi connectivity index (χ1n) is 16.3. The third-order valence-corrected chi connectivity index (χ3v) is 9.79. The van der Waals surface area contributed by atoms with Crippen LogP contribution in [0.2, 0.25) is 10.3 Å². The highest BCUT2D eigenvalue weighted by molar-refractivity contribution is 6.31. The lowest BCUT2D eigenvalue weighted by molar-refractivity contribution is -0.137. The molecule has 0 aliphatic carbocycles. The molecule has 1 N–H and O–H groups in total. The van der Waals surface area contributed by atoms with E-state index >= 15 is 0 Å². The lowest BCUT2D eigenvalue weighted by Gasteiger charge is -2.17. The molecule has 5 rings (SSSR count). The molecule has 0 fully saturated rings. The summed E-state index contributed by atoms with van der Waals surface area (Å²) < 4.78 is 88.9. The van der Waals surface area contributed by atoms with E-state index in [-0.39, 0.29) is 28.2 Å². The number of ether oxygens (including phenoxy) is 1. The van der Waals surface area contributed by atoms with Gasteiger partial charge in [0.2, 0.25) is 11.2 Å². The topological polar surface area (TPSA) is 56.9 Å². The zero-order valence-electron chi connectivity index (χ0n) is 29.2. The Bertz CT molecular complexity index is 1970. The molecule has 0 radical (unpaired) electrons. The first-order valence-corrected chi connectivity index (χ1v) is 17.1. The quantitative estimate of drug-likeness (QED) is 0.153. The number of imidazole rings is 2. The molecule has 0 saturated heterocycles. The van der Waals surface area contributed by atoms with Gasteiger partial charge in [-0.3, -0.25) is 0 Å². The van der Waals surface area contributed by atoms with Crippen molar-refractivity contribution in [3.05, 3.63) is 74.5 Å². The van der Waals surface area contributed by atoms with Gasteiger partial charge in [0.1, 0.15) is 16.8 Å². The lowest BCUT2D eigenvalue weighted by atomic mass is 9.91. The van der Waals surface area contributed by atoms with Gasteiger partial charge in [0.15, 0.2) is 0 Å². The van der Waals surface area contributed by atoms with Crippen LogP contribution in [0, 0.1) is 6.92 Å². The van der Waals surface area contributed by atoms with Crippen LogP contribution in [-0.4, -0.2) is 26.2 Å². The average molecular weight is 745 g/mol. The number of aromatic nitrogens is 4. The van der Waals surface area contributed by atoms with Crippen molar-refractivity contribution in [1.29, 1.82) is 0 Å². The van der Waals surface area contributed by atoms with Gasteiger partial charge in [-0.2, -0.15) is 26.3 Å². The van der Waals surface area contributed by atoms with Crippen LogP contribution in [0.3, 0.4) is 0 Å². The van der Waals surface area contributed by atoms with Crippen LogP contribution in [0.15, 0.2) is 36.4 Å². The molecular weight excluding hydrogens is 703 g/mol. The maximum Gasteiger partial charge on any atom is 0.418 e. The van der Waals surface area contributed by atoms with E-state index in [1.54, 1.807) is 42.9 Å². The minimum atomic E-state index is -4.50. The third-order valence-electron chi connectivity index (χ3n) is 9.23. The predicted molar refractivity (Wildman–Crippen MR) is 189 cm³/mol. The second kappa shape index (κ2) is 15.3. The highest BCUT2D eigenvalue weighted by Gasteiger charge is 2.36. The highest BCUT2D eigenvalue weighted by atomic mass is 35.5. The molecule has 0 unspecified atom stereocenters. The van der Waals surface area contributed by atoms with Gasteiger partial charge in [0.05, 0.1) is 35.0 Å². The Morgan fingerprint density at radius 2 is 1.20 bits per heavy atom. The van der Waals surface area contributed by atoms with Crippen molar-refractivity contribution >= 4 is 56.9 Å². The second-order valence-electron chi connectivity index (χ2n) is 12.2. The van der Waals surface area contributed by atoms with Gasteiger partial charge < -0.3 is 19.2 Å². The van der Waals surface area contributed by atoms with Gasteiger partial charge in [-0.1, -0.05) is 51.4 Å². The van der Waals surface area contributed by atoms with E-state index in [0.29, 0.717) is 33.4 Å². The molecule has 0 aliphatic rings. The summed E-state index contributed by atoms with van der Waals surface area (Å²) in [6, 6.07) is 8.80.